The predicted octanol–water partition coefficient (Wildman–Crippen LogP) is 1.23. The van der Waals surface area contributed by atoms with Crippen molar-refractivity contribution in [3.8, 4) is 0 Å². The molecule has 0 aliphatic rings. The van der Waals surface area contributed by atoms with Crippen LogP contribution in [0.5, 0.6) is 0 Å². The zero-order valence-corrected chi connectivity index (χ0v) is 11.4. The molecule has 0 aliphatic heterocycles. The molecule has 0 aliphatic carbocycles. The van der Waals surface area contributed by atoms with Crippen molar-refractivity contribution in [1.82, 2.24) is 5.32 Å². The molecule has 1 aromatic rings. The largest absolute Gasteiger partial charge is 0.399 e. The highest BCUT2D eigenvalue weighted by Crippen LogP contribution is 2.13. The van der Waals surface area contributed by atoms with Crippen LogP contribution >= 0.6 is 0 Å². The molecule has 0 radical (unpaired) electrons. The van der Waals surface area contributed by atoms with Gasteiger partial charge in [-0.3, -0.25) is 4.79 Å². The lowest BCUT2D eigenvalue weighted by Gasteiger charge is -2.13. The quantitative estimate of drug-likeness (QED) is 0.648. The van der Waals surface area contributed by atoms with Crippen molar-refractivity contribution < 1.29 is 14.6 Å². The van der Waals surface area contributed by atoms with E-state index in [0.717, 1.165) is 5.56 Å². The van der Waals surface area contributed by atoms with E-state index in [2.05, 4.69) is 5.32 Å². The van der Waals surface area contributed by atoms with Crippen molar-refractivity contribution in [2.75, 3.05) is 19.4 Å². The molecule has 0 aromatic heterocycles. The molecule has 5 nitrogen and oxygen atoms in total. The van der Waals surface area contributed by atoms with E-state index in [4.69, 9.17) is 10.5 Å². The molecule has 1 rings (SSSR count). The highest BCUT2D eigenvalue weighted by Gasteiger charge is 2.10. The monoisotopic (exact) mass is 266 g/mol. The number of ether oxygens (including phenoxy) is 1. The number of rotatable bonds is 7. The van der Waals surface area contributed by atoms with Crippen molar-refractivity contribution >= 4 is 11.6 Å². The number of nitrogen functional groups attached to an aromatic ring is 1. The zero-order chi connectivity index (χ0) is 14.3. The Morgan fingerprint density at radius 1 is 1.42 bits per heavy atom. The molecule has 2 atom stereocenters. The minimum Gasteiger partial charge on any atom is -0.399 e. The average Bonchev–Trinajstić information content (AvgIpc) is 2.42. The second-order valence-electron chi connectivity index (χ2n) is 4.57. The van der Waals surface area contributed by atoms with Crippen LogP contribution in [0.25, 0.3) is 0 Å². The second kappa shape index (κ2) is 7.76. The van der Waals surface area contributed by atoms with E-state index in [1.165, 1.54) is 0 Å². The highest BCUT2D eigenvalue weighted by atomic mass is 16.5. The van der Waals surface area contributed by atoms with E-state index in [1.807, 2.05) is 6.92 Å². The number of aliphatic hydroxyl groups is 1. The van der Waals surface area contributed by atoms with E-state index < -0.39 is 6.10 Å². The first-order chi connectivity index (χ1) is 9.02. The van der Waals surface area contributed by atoms with Crippen molar-refractivity contribution in [2.24, 2.45) is 0 Å². The van der Waals surface area contributed by atoms with Gasteiger partial charge >= 0.3 is 0 Å². The van der Waals surface area contributed by atoms with Crippen LogP contribution in [0.3, 0.4) is 0 Å². The molecule has 1 aromatic carbocycles. The Labute approximate surface area is 113 Å². The van der Waals surface area contributed by atoms with E-state index in [-0.39, 0.29) is 18.6 Å². The van der Waals surface area contributed by atoms with E-state index in [1.54, 1.807) is 31.4 Å². The Bertz CT molecular complexity index is 392. The smallest absolute Gasteiger partial charge is 0.220 e. The highest BCUT2D eigenvalue weighted by molar-refractivity contribution is 5.75. The lowest BCUT2D eigenvalue weighted by molar-refractivity contribution is -0.122. The number of benzene rings is 1. The Morgan fingerprint density at radius 2 is 2.05 bits per heavy atom. The van der Waals surface area contributed by atoms with Gasteiger partial charge < -0.3 is 20.9 Å². The molecule has 0 heterocycles. The predicted molar refractivity (Wildman–Crippen MR) is 74.5 cm³/mol. The van der Waals surface area contributed by atoms with Gasteiger partial charge in [0.2, 0.25) is 5.91 Å². The topological polar surface area (TPSA) is 84.6 Å². The maximum Gasteiger partial charge on any atom is 0.220 e. The first kappa shape index (κ1) is 15.5. The molecule has 5 heteroatoms. The fraction of sp³-hybridized carbons (Fsp3) is 0.500. The molecule has 0 saturated heterocycles. The number of nitrogens with two attached hydrogens (primary N) is 1. The molecule has 19 heavy (non-hydrogen) atoms. The number of anilines is 1. The van der Waals surface area contributed by atoms with Gasteiger partial charge in [0.15, 0.2) is 0 Å². The molecule has 4 N–H and O–H groups in total. The first-order valence-corrected chi connectivity index (χ1v) is 6.36. The van der Waals surface area contributed by atoms with E-state index in [0.29, 0.717) is 18.5 Å². The fourth-order valence-electron chi connectivity index (χ4n) is 1.59. The number of hydrogen-bond donors (Lipinski definition) is 3. The molecule has 2 unspecified atom stereocenters. The SMILES string of the molecule is COC(C)CCC(=O)NCC(O)c1ccc(N)cc1. The van der Waals surface area contributed by atoms with Gasteiger partial charge in [-0.1, -0.05) is 12.1 Å². The fourth-order valence-corrected chi connectivity index (χ4v) is 1.59. The lowest BCUT2D eigenvalue weighted by Crippen LogP contribution is -2.28. The summed E-state index contributed by atoms with van der Waals surface area (Å²) < 4.78 is 5.07. The minimum absolute atomic E-state index is 0.0628. The summed E-state index contributed by atoms with van der Waals surface area (Å²) in [6.45, 7) is 2.11. The summed E-state index contributed by atoms with van der Waals surface area (Å²) in [5.41, 5.74) is 6.95. The molecule has 0 saturated carbocycles. The van der Waals surface area contributed by atoms with E-state index in [9.17, 15) is 9.90 Å². The van der Waals surface area contributed by atoms with Crippen molar-refractivity contribution in [1.29, 1.82) is 0 Å². The van der Waals surface area contributed by atoms with Crippen molar-refractivity contribution in [3.63, 3.8) is 0 Å². The van der Waals surface area contributed by atoms with Gasteiger partial charge in [0.1, 0.15) is 0 Å². The van der Waals surface area contributed by atoms with Gasteiger partial charge in [-0.2, -0.15) is 0 Å². The van der Waals surface area contributed by atoms with Gasteiger partial charge in [0.25, 0.3) is 0 Å². The molecule has 0 fully saturated rings. The molecule has 0 spiro atoms. The Balaban J connectivity index is 2.31. The van der Waals surface area contributed by atoms with E-state index >= 15 is 0 Å². The third kappa shape index (κ3) is 5.72. The summed E-state index contributed by atoms with van der Waals surface area (Å²) in [7, 11) is 1.62. The molecule has 0 bridgehead atoms. The maximum atomic E-state index is 11.6. The van der Waals surface area contributed by atoms with Crippen LogP contribution in [0.2, 0.25) is 0 Å². The number of carbonyl (C=O) groups is 1. The number of methoxy groups -OCH3 is 1. The summed E-state index contributed by atoms with van der Waals surface area (Å²) in [5.74, 6) is -0.0848. The van der Waals surface area contributed by atoms with Crippen LogP contribution < -0.4 is 11.1 Å². The summed E-state index contributed by atoms with van der Waals surface area (Å²) in [4.78, 5) is 11.6. The van der Waals surface area contributed by atoms with Crippen molar-refractivity contribution in [3.05, 3.63) is 29.8 Å². The van der Waals surface area contributed by atoms with Crippen LogP contribution in [-0.4, -0.2) is 30.8 Å². The maximum absolute atomic E-state index is 11.6. The lowest BCUT2D eigenvalue weighted by atomic mass is 10.1. The first-order valence-electron chi connectivity index (χ1n) is 6.36. The average molecular weight is 266 g/mol. The summed E-state index contributed by atoms with van der Waals surface area (Å²) in [6, 6.07) is 6.94. The molecular formula is C14H22N2O3. The van der Waals surface area contributed by atoms with Gasteiger partial charge in [0.05, 0.1) is 12.2 Å². The Kier molecular flexibility index (Phi) is 6.32. The molecular weight excluding hydrogens is 244 g/mol. The van der Waals surface area contributed by atoms with Crippen molar-refractivity contribution in [2.45, 2.75) is 32.0 Å². The summed E-state index contributed by atoms with van der Waals surface area (Å²) in [5, 5.41) is 12.6. The number of hydrogen-bond acceptors (Lipinski definition) is 4. The van der Waals surface area contributed by atoms with Gasteiger partial charge in [-0.15, -0.1) is 0 Å². The van der Waals surface area contributed by atoms with Gasteiger partial charge in [-0.05, 0) is 31.0 Å². The van der Waals surface area contributed by atoms with Crippen LogP contribution in [0.1, 0.15) is 31.4 Å². The number of aliphatic hydroxyl groups excluding tert-OH is 1. The second-order valence-corrected chi connectivity index (χ2v) is 4.57. The normalized spacial score (nSPS) is 13.8. The number of amides is 1. The third-order valence-corrected chi connectivity index (χ3v) is 2.99. The summed E-state index contributed by atoms with van der Waals surface area (Å²) >= 11 is 0. The Morgan fingerprint density at radius 3 is 2.63 bits per heavy atom. The minimum atomic E-state index is -0.718. The summed E-state index contributed by atoms with van der Waals surface area (Å²) in [6.07, 6.45) is 0.404. The number of nitrogens with one attached hydrogen (secondary N) is 1. The number of carbonyl (C=O) groups excluding carboxylic acids is 1. The van der Waals surface area contributed by atoms with Crippen LogP contribution in [0.4, 0.5) is 5.69 Å². The zero-order valence-electron chi connectivity index (χ0n) is 11.4. The van der Waals surface area contributed by atoms with Gasteiger partial charge in [0, 0.05) is 25.8 Å². The Hall–Kier alpha value is -1.59. The van der Waals surface area contributed by atoms with Crippen LogP contribution in [-0.2, 0) is 9.53 Å². The molecule has 106 valence electrons. The van der Waals surface area contributed by atoms with Crippen LogP contribution in [0.15, 0.2) is 24.3 Å². The van der Waals surface area contributed by atoms with Crippen LogP contribution in [0, 0.1) is 0 Å². The standard InChI is InChI=1S/C14H22N2O3/c1-10(19-2)3-8-14(18)16-9-13(17)11-4-6-12(15)7-5-11/h4-7,10,13,17H,3,8-9,15H2,1-2H3,(H,16,18). The van der Waals surface area contributed by atoms with Gasteiger partial charge in [-0.25, -0.2) is 0 Å². The molecule has 1 amide bonds. The third-order valence-electron chi connectivity index (χ3n) is 2.99.